The lowest BCUT2D eigenvalue weighted by Crippen LogP contribution is -2.39. The summed E-state index contributed by atoms with van der Waals surface area (Å²) in [5.41, 5.74) is 2.45. The number of hydrogen-bond donors (Lipinski definition) is 0. The molecule has 0 N–H and O–H groups in total. The highest BCUT2D eigenvalue weighted by molar-refractivity contribution is 7.99. The number of likely N-dealkylation sites (tertiary alicyclic amines) is 1. The second kappa shape index (κ2) is 7.58. The van der Waals surface area contributed by atoms with Crippen LogP contribution >= 0.6 is 11.8 Å². The molecule has 1 aromatic carbocycles. The van der Waals surface area contributed by atoms with Crippen molar-refractivity contribution in [2.24, 2.45) is 5.92 Å². The molecule has 1 fully saturated rings. The third kappa shape index (κ3) is 3.23. The molecule has 1 saturated heterocycles. The first-order chi connectivity index (χ1) is 14.5. The van der Waals surface area contributed by atoms with Gasteiger partial charge in [0, 0.05) is 25.3 Å². The molecule has 156 valence electrons. The second-order valence-electron chi connectivity index (χ2n) is 8.38. The van der Waals surface area contributed by atoms with Crippen molar-refractivity contribution in [3.05, 3.63) is 46.4 Å². The summed E-state index contributed by atoms with van der Waals surface area (Å²) in [5, 5.41) is 5.62. The lowest BCUT2D eigenvalue weighted by Gasteiger charge is -2.31. The molecule has 0 spiro atoms. The van der Waals surface area contributed by atoms with Crippen molar-refractivity contribution in [3.63, 3.8) is 0 Å². The molecule has 0 saturated carbocycles. The summed E-state index contributed by atoms with van der Waals surface area (Å²) in [4.78, 5) is 32.9. The summed E-state index contributed by atoms with van der Waals surface area (Å²) in [7, 11) is 0. The highest BCUT2D eigenvalue weighted by atomic mass is 32.2. The Hall–Kier alpha value is -2.61. The van der Waals surface area contributed by atoms with Crippen LogP contribution in [0.5, 0.6) is 0 Å². The molecule has 5 rings (SSSR count). The minimum atomic E-state index is -0.150. The van der Waals surface area contributed by atoms with Gasteiger partial charge in [-0.25, -0.2) is 9.67 Å². The van der Waals surface area contributed by atoms with E-state index in [1.807, 2.05) is 36.1 Å². The zero-order valence-electron chi connectivity index (χ0n) is 17.2. The number of carbonyl (C=O) groups excluding carboxylic acids is 1. The summed E-state index contributed by atoms with van der Waals surface area (Å²) in [6.07, 6.45) is 4.07. The fourth-order valence-electron chi connectivity index (χ4n) is 4.35. The molecule has 3 aromatic rings. The van der Waals surface area contributed by atoms with Crippen molar-refractivity contribution in [1.29, 1.82) is 0 Å². The van der Waals surface area contributed by atoms with E-state index in [-0.39, 0.29) is 17.5 Å². The smallest absolute Gasteiger partial charge is 0.265 e. The van der Waals surface area contributed by atoms with Gasteiger partial charge in [0.15, 0.2) is 10.8 Å². The number of aromatic nitrogens is 4. The number of para-hydroxylation sites is 1. The Morgan fingerprint density at radius 1 is 1.23 bits per heavy atom. The first-order valence-electron chi connectivity index (χ1n) is 10.5. The van der Waals surface area contributed by atoms with Gasteiger partial charge >= 0.3 is 0 Å². The predicted molar refractivity (Wildman–Crippen MR) is 117 cm³/mol. The number of amides is 1. The second-order valence-corrected chi connectivity index (χ2v) is 9.37. The minimum Gasteiger partial charge on any atom is -0.343 e. The van der Waals surface area contributed by atoms with Gasteiger partial charge in [-0.1, -0.05) is 36.9 Å². The number of nitrogens with zero attached hydrogens (tertiary/aromatic N) is 5. The van der Waals surface area contributed by atoms with E-state index in [2.05, 4.69) is 12.0 Å². The Morgan fingerprint density at radius 3 is 2.77 bits per heavy atom. The Bertz CT molecular complexity index is 1180. The molecular formula is C22H25N5O2S. The fourth-order valence-corrected chi connectivity index (χ4v) is 5.48. The standard InChI is InChI=1S/C22H25N5O2S/c1-14-7-9-25(10-8-14)19(28)11-16-13-30-22-24-20-17(21(29)26(16)22)12-23-27(20)18-6-4-3-5-15(18)2/h3-6,12,14,16H,7-11,13H2,1-2H3. The molecule has 8 heteroatoms. The van der Waals surface area contributed by atoms with Gasteiger partial charge in [-0.05, 0) is 37.3 Å². The van der Waals surface area contributed by atoms with E-state index in [1.54, 1.807) is 27.2 Å². The first-order valence-corrected chi connectivity index (χ1v) is 11.5. The van der Waals surface area contributed by atoms with Crippen LogP contribution < -0.4 is 5.56 Å². The third-order valence-electron chi connectivity index (χ3n) is 6.26. The molecule has 4 heterocycles. The van der Waals surface area contributed by atoms with E-state index in [4.69, 9.17) is 4.98 Å². The van der Waals surface area contributed by atoms with Gasteiger partial charge in [-0.15, -0.1) is 0 Å². The highest BCUT2D eigenvalue weighted by Gasteiger charge is 2.31. The van der Waals surface area contributed by atoms with Gasteiger partial charge in [0.05, 0.1) is 17.9 Å². The maximum absolute atomic E-state index is 13.3. The average Bonchev–Trinajstić information content (AvgIpc) is 3.34. The predicted octanol–water partition coefficient (Wildman–Crippen LogP) is 3.19. The van der Waals surface area contributed by atoms with Crippen LogP contribution in [0, 0.1) is 12.8 Å². The number of benzene rings is 1. The van der Waals surface area contributed by atoms with Crippen LogP contribution in [0.25, 0.3) is 16.7 Å². The fraction of sp³-hybridized carbons (Fsp3) is 0.455. The van der Waals surface area contributed by atoms with Gasteiger partial charge in [-0.3, -0.25) is 14.2 Å². The SMILES string of the molecule is Cc1ccccc1-n1ncc2c(=O)n3c(nc21)SCC3CC(=O)N1CCC(C)CC1. The molecule has 0 aliphatic carbocycles. The van der Waals surface area contributed by atoms with Crippen molar-refractivity contribution in [3.8, 4) is 5.69 Å². The van der Waals surface area contributed by atoms with Gasteiger partial charge in [0.1, 0.15) is 5.39 Å². The molecule has 2 aliphatic heterocycles. The molecule has 30 heavy (non-hydrogen) atoms. The number of hydrogen-bond acceptors (Lipinski definition) is 5. The lowest BCUT2D eigenvalue weighted by molar-refractivity contribution is -0.133. The minimum absolute atomic E-state index is 0.107. The Labute approximate surface area is 179 Å². The van der Waals surface area contributed by atoms with E-state index in [0.29, 0.717) is 34.3 Å². The quantitative estimate of drug-likeness (QED) is 0.605. The molecule has 7 nitrogen and oxygen atoms in total. The highest BCUT2D eigenvalue weighted by Crippen LogP contribution is 2.34. The Balaban J connectivity index is 1.47. The lowest BCUT2D eigenvalue weighted by atomic mass is 9.99. The van der Waals surface area contributed by atoms with Gasteiger partial charge in [0.25, 0.3) is 5.56 Å². The van der Waals surface area contributed by atoms with Crippen LogP contribution in [0.15, 0.2) is 40.4 Å². The Morgan fingerprint density at radius 2 is 2.00 bits per heavy atom. The first kappa shape index (κ1) is 19.4. The van der Waals surface area contributed by atoms with Crippen molar-refractivity contribution < 1.29 is 4.79 Å². The number of thioether (sulfide) groups is 1. The van der Waals surface area contributed by atoms with Gasteiger partial charge in [0.2, 0.25) is 5.91 Å². The average molecular weight is 424 g/mol. The molecule has 1 amide bonds. The van der Waals surface area contributed by atoms with Crippen LogP contribution in [0.4, 0.5) is 0 Å². The van der Waals surface area contributed by atoms with Gasteiger partial charge in [-0.2, -0.15) is 5.10 Å². The number of aryl methyl sites for hydroxylation is 1. The largest absolute Gasteiger partial charge is 0.343 e. The molecule has 0 radical (unpaired) electrons. The monoisotopic (exact) mass is 423 g/mol. The van der Waals surface area contributed by atoms with Crippen LogP contribution in [0.3, 0.4) is 0 Å². The van der Waals surface area contributed by atoms with Crippen LogP contribution in [-0.2, 0) is 4.79 Å². The normalized spacial score (nSPS) is 19.4. The molecule has 1 atom stereocenters. The van der Waals surface area contributed by atoms with E-state index >= 15 is 0 Å². The van der Waals surface area contributed by atoms with Crippen molar-refractivity contribution in [2.75, 3.05) is 18.8 Å². The maximum Gasteiger partial charge on any atom is 0.265 e. The summed E-state index contributed by atoms with van der Waals surface area (Å²) in [5.74, 6) is 1.52. The van der Waals surface area contributed by atoms with Crippen molar-refractivity contribution >= 4 is 28.7 Å². The van der Waals surface area contributed by atoms with E-state index < -0.39 is 0 Å². The molecule has 2 aromatic heterocycles. The van der Waals surface area contributed by atoms with Crippen molar-refractivity contribution in [1.82, 2.24) is 24.2 Å². The number of carbonyl (C=O) groups is 1. The summed E-state index contributed by atoms with van der Waals surface area (Å²) in [6.45, 7) is 5.89. The Kier molecular flexibility index (Phi) is 4.89. The van der Waals surface area contributed by atoms with E-state index in [9.17, 15) is 9.59 Å². The summed E-state index contributed by atoms with van der Waals surface area (Å²) in [6, 6.07) is 7.77. The van der Waals surface area contributed by atoms with E-state index in [1.165, 1.54) is 0 Å². The molecule has 0 bridgehead atoms. The van der Waals surface area contributed by atoms with E-state index in [0.717, 1.165) is 37.2 Å². The van der Waals surface area contributed by atoms with Crippen LogP contribution in [0.1, 0.15) is 37.8 Å². The zero-order chi connectivity index (χ0) is 20.8. The van der Waals surface area contributed by atoms with Crippen LogP contribution in [0.2, 0.25) is 0 Å². The summed E-state index contributed by atoms with van der Waals surface area (Å²) >= 11 is 1.55. The molecule has 2 aliphatic rings. The topological polar surface area (TPSA) is 73.0 Å². The zero-order valence-corrected chi connectivity index (χ0v) is 18.1. The molecule has 1 unspecified atom stereocenters. The molecular weight excluding hydrogens is 398 g/mol. The maximum atomic E-state index is 13.3. The number of rotatable bonds is 3. The number of fused-ring (bicyclic) bond motifs is 2. The summed E-state index contributed by atoms with van der Waals surface area (Å²) < 4.78 is 3.45. The van der Waals surface area contributed by atoms with Gasteiger partial charge < -0.3 is 4.90 Å². The van der Waals surface area contributed by atoms with Crippen molar-refractivity contribution in [2.45, 2.75) is 44.3 Å². The third-order valence-corrected chi connectivity index (χ3v) is 7.36. The number of piperidine rings is 1. The van der Waals surface area contributed by atoms with Crippen LogP contribution in [-0.4, -0.2) is 49.0 Å².